The van der Waals surface area contributed by atoms with Gasteiger partial charge in [0.1, 0.15) is 0 Å². The fraction of sp³-hybridized carbons (Fsp3) is 0.333. The van der Waals surface area contributed by atoms with Crippen LogP contribution in [-0.2, 0) is 16.0 Å². The van der Waals surface area contributed by atoms with E-state index in [0.717, 1.165) is 12.0 Å². The van der Waals surface area contributed by atoms with Crippen molar-refractivity contribution in [3.8, 4) is 0 Å². The quantitative estimate of drug-likeness (QED) is 0.772. The van der Waals surface area contributed by atoms with E-state index in [1.54, 1.807) is 24.3 Å². The first-order chi connectivity index (χ1) is 7.63. The van der Waals surface area contributed by atoms with Crippen LogP contribution >= 0.6 is 0 Å². The summed E-state index contributed by atoms with van der Waals surface area (Å²) in [5.41, 5.74) is 1.30. The number of aromatic carboxylic acids is 1. The Bertz CT molecular complexity index is 367. The van der Waals surface area contributed by atoms with Crippen molar-refractivity contribution in [2.75, 3.05) is 7.11 Å². The van der Waals surface area contributed by atoms with E-state index >= 15 is 0 Å². The number of carboxylic acid groups (broad SMARTS) is 1. The van der Waals surface area contributed by atoms with Gasteiger partial charge in [0.15, 0.2) is 0 Å². The zero-order chi connectivity index (χ0) is 12.0. The molecule has 0 saturated heterocycles. The maximum atomic E-state index is 10.8. The molecule has 0 amide bonds. The van der Waals surface area contributed by atoms with E-state index in [1.807, 2.05) is 0 Å². The van der Waals surface area contributed by atoms with Gasteiger partial charge in [-0.1, -0.05) is 12.1 Å². The molecule has 0 spiro atoms. The number of rotatable bonds is 5. The highest BCUT2D eigenvalue weighted by molar-refractivity contribution is 5.87. The number of carbonyl (C=O) groups excluding carboxylic acids is 1. The highest BCUT2D eigenvalue weighted by atomic mass is 16.5. The summed E-state index contributed by atoms with van der Waals surface area (Å²) in [5.74, 6) is -1.15. The SMILES string of the molecule is COC(=O)CCCc1ccc(C(=O)O)cc1. The lowest BCUT2D eigenvalue weighted by Gasteiger charge is -2.01. The monoisotopic (exact) mass is 222 g/mol. The number of esters is 1. The molecule has 1 N–H and O–H groups in total. The Morgan fingerprint density at radius 1 is 1.25 bits per heavy atom. The van der Waals surface area contributed by atoms with E-state index in [4.69, 9.17) is 5.11 Å². The van der Waals surface area contributed by atoms with Gasteiger partial charge in [-0.2, -0.15) is 0 Å². The van der Waals surface area contributed by atoms with Crippen LogP contribution in [0.2, 0.25) is 0 Å². The van der Waals surface area contributed by atoms with Crippen LogP contribution in [0.15, 0.2) is 24.3 Å². The van der Waals surface area contributed by atoms with E-state index in [9.17, 15) is 9.59 Å². The highest BCUT2D eigenvalue weighted by Crippen LogP contribution is 2.08. The summed E-state index contributed by atoms with van der Waals surface area (Å²) in [6.45, 7) is 0. The van der Waals surface area contributed by atoms with Gasteiger partial charge in [-0.15, -0.1) is 0 Å². The van der Waals surface area contributed by atoms with Gasteiger partial charge in [-0.25, -0.2) is 4.79 Å². The lowest BCUT2D eigenvalue weighted by molar-refractivity contribution is -0.140. The van der Waals surface area contributed by atoms with Gasteiger partial charge in [0.2, 0.25) is 0 Å². The molecule has 0 bridgehead atoms. The average Bonchev–Trinajstić information content (AvgIpc) is 2.29. The van der Waals surface area contributed by atoms with E-state index < -0.39 is 5.97 Å². The van der Waals surface area contributed by atoms with Crippen LogP contribution in [0.25, 0.3) is 0 Å². The third kappa shape index (κ3) is 3.73. The third-order valence-corrected chi connectivity index (χ3v) is 2.27. The molecule has 1 aromatic rings. The molecular formula is C12H14O4. The Morgan fingerprint density at radius 3 is 2.38 bits per heavy atom. The van der Waals surface area contributed by atoms with Gasteiger partial charge in [0.25, 0.3) is 0 Å². The van der Waals surface area contributed by atoms with E-state index in [-0.39, 0.29) is 11.5 Å². The minimum absolute atomic E-state index is 0.220. The fourth-order valence-corrected chi connectivity index (χ4v) is 1.35. The number of aryl methyl sites for hydroxylation is 1. The largest absolute Gasteiger partial charge is 0.478 e. The summed E-state index contributed by atoms with van der Waals surface area (Å²) in [6.07, 6.45) is 1.84. The lowest BCUT2D eigenvalue weighted by atomic mass is 10.1. The summed E-state index contributed by atoms with van der Waals surface area (Å²) >= 11 is 0. The summed E-state index contributed by atoms with van der Waals surface area (Å²) in [7, 11) is 1.37. The molecule has 0 aliphatic carbocycles. The molecule has 0 aliphatic rings. The Morgan fingerprint density at radius 2 is 1.88 bits per heavy atom. The minimum Gasteiger partial charge on any atom is -0.478 e. The van der Waals surface area contributed by atoms with Gasteiger partial charge in [-0.05, 0) is 30.5 Å². The predicted octanol–water partition coefficient (Wildman–Crippen LogP) is 1.88. The van der Waals surface area contributed by atoms with Crippen LogP contribution in [0.4, 0.5) is 0 Å². The average molecular weight is 222 g/mol. The summed E-state index contributed by atoms with van der Waals surface area (Å²) in [4.78, 5) is 21.4. The Kier molecular flexibility index (Phi) is 4.51. The molecule has 86 valence electrons. The Labute approximate surface area is 93.9 Å². The second-order valence-electron chi connectivity index (χ2n) is 3.43. The van der Waals surface area contributed by atoms with Gasteiger partial charge in [0.05, 0.1) is 12.7 Å². The van der Waals surface area contributed by atoms with Crippen molar-refractivity contribution in [3.63, 3.8) is 0 Å². The van der Waals surface area contributed by atoms with Crippen LogP contribution in [0.1, 0.15) is 28.8 Å². The van der Waals surface area contributed by atoms with Crippen LogP contribution in [0, 0.1) is 0 Å². The molecule has 16 heavy (non-hydrogen) atoms. The van der Waals surface area contributed by atoms with Gasteiger partial charge < -0.3 is 9.84 Å². The van der Waals surface area contributed by atoms with Crippen molar-refractivity contribution in [1.29, 1.82) is 0 Å². The molecule has 4 nitrogen and oxygen atoms in total. The molecule has 4 heteroatoms. The van der Waals surface area contributed by atoms with Crippen molar-refractivity contribution >= 4 is 11.9 Å². The third-order valence-electron chi connectivity index (χ3n) is 2.27. The van der Waals surface area contributed by atoms with Crippen molar-refractivity contribution in [2.24, 2.45) is 0 Å². The summed E-state index contributed by atoms with van der Waals surface area (Å²) < 4.78 is 4.52. The van der Waals surface area contributed by atoms with Gasteiger partial charge >= 0.3 is 11.9 Å². The number of benzene rings is 1. The van der Waals surface area contributed by atoms with Crippen molar-refractivity contribution < 1.29 is 19.4 Å². The molecule has 0 heterocycles. The zero-order valence-electron chi connectivity index (χ0n) is 9.10. The molecule has 0 aromatic heterocycles. The molecule has 0 aliphatic heterocycles. The molecule has 1 aromatic carbocycles. The maximum absolute atomic E-state index is 10.8. The first-order valence-electron chi connectivity index (χ1n) is 5.02. The van der Waals surface area contributed by atoms with Gasteiger partial charge in [-0.3, -0.25) is 4.79 Å². The van der Waals surface area contributed by atoms with Crippen LogP contribution in [0.3, 0.4) is 0 Å². The number of ether oxygens (including phenoxy) is 1. The van der Waals surface area contributed by atoms with E-state index in [2.05, 4.69) is 4.74 Å². The number of carboxylic acids is 1. The standard InChI is InChI=1S/C12H14O4/c1-16-11(13)4-2-3-9-5-7-10(8-6-9)12(14)15/h5-8H,2-4H2,1H3,(H,14,15). The van der Waals surface area contributed by atoms with Crippen molar-refractivity contribution in [1.82, 2.24) is 0 Å². The first kappa shape index (κ1) is 12.2. The van der Waals surface area contributed by atoms with Crippen LogP contribution in [-0.4, -0.2) is 24.2 Å². The Hall–Kier alpha value is -1.84. The normalized spacial score (nSPS) is 9.81. The molecule has 0 fully saturated rings. The second kappa shape index (κ2) is 5.90. The minimum atomic E-state index is -0.930. The first-order valence-corrected chi connectivity index (χ1v) is 5.02. The fourth-order valence-electron chi connectivity index (χ4n) is 1.35. The number of methoxy groups -OCH3 is 1. The topological polar surface area (TPSA) is 63.6 Å². The van der Waals surface area contributed by atoms with E-state index in [1.165, 1.54) is 7.11 Å². The highest BCUT2D eigenvalue weighted by Gasteiger charge is 2.03. The summed E-state index contributed by atoms with van der Waals surface area (Å²) in [5, 5.41) is 8.70. The smallest absolute Gasteiger partial charge is 0.335 e. The lowest BCUT2D eigenvalue weighted by Crippen LogP contribution is -2.01. The van der Waals surface area contributed by atoms with Crippen molar-refractivity contribution in [3.05, 3.63) is 35.4 Å². The molecule has 0 radical (unpaired) electrons. The maximum Gasteiger partial charge on any atom is 0.335 e. The Balaban J connectivity index is 2.43. The molecule has 1 rings (SSSR count). The number of hydrogen-bond acceptors (Lipinski definition) is 3. The van der Waals surface area contributed by atoms with E-state index in [0.29, 0.717) is 12.8 Å². The molecule has 0 atom stereocenters. The molecular weight excluding hydrogens is 208 g/mol. The molecule has 0 saturated carbocycles. The predicted molar refractivity (Wildman–Crippen MR) is 58.4 cm³/mol. The summed E-state index contributed by atoms with van der Waals surface area (Å²) in [6, 6.07) is 6.66. The zero-order valence-corrected chi connectivity index (χ0v) is 9.10. The number of carbonyl (C=O) groups is 2. The van der Waals surface area contributed by atoms with Crippen LogP contribution < -0.4 is 0 Å². The second-order valence-corrected chi connectivity index (χ2v) is 3.43. The number of hydrogen-bond donors (Lipinski definition) is 1. The molecule has 0 unspecified atom stereocenters. The van der Waals surface area contributed by atoms with Crippen LogP contribution in [0.5, 0.6) is 0 Å². The van der Waals surface area contributed by atoms with Gasteiger partial charge in [0, 0.05) is 6.42 Å². The van der Waals surface area contributed by atoms with Crippen molar-refractivity contribution in [2.45, 2.75) is 19.3 Å².